The molecule has 1 aliphatic rings. The SMILES string of the molecule is Nc1cccc(CN2C(=O)NC(Cc3ccccc3)C(O)C(O)C2Cc2ccccc2)c1. The average molecular weight is 432 g/mol. The zero-order valence-electron chi connectivity index (χ0n) is 17.8. The number of nitrogens with zero attached hydrogens (tertiary/aromatic N) is 1. The van der Waals surface area contributed by atoms with Gasteiger partial charge in [-0.15, -0.1) is 0 Å². The lowest BCUT2D eigenvalue weighted by molar-refractivity contribution is -0.0306. The summed E-state index contributed by atoms with van der Waals surface area (Å²) in [7, 11) is 0. The zero-order chi connectivity index (χ0) is 22.5. The molecular formula is C26H29N3O3. The van der Waals surface area contributed by atoms with E-state index in [-0.39, 0.29) is 12.6 Å². The Morgan fingerprint density at radius 3 is 2.00 bits per heavy atom. The Bertz CT molecular complexity index is 1030. The van der Waals surface area contributed by atoms with E-state index in [1.165, 1.54) is 0 Å². The van der Waals surface area contributed by atoms with Gasteiger partial charge in [0.15, 0.2) is 0 Å². The zero-order valence-corrected chi connectivity index (χ0v) is 17.8. The van der Waals surface area contributed by atoms with E-state index in [1.807, 2.05) is 78.9 Å². The van der Waals surface area contributed by atoms with Gasteiger partial charge in [-0.3, -0.25) is 0 Å². The number of aliphatic hydroxyl groups is 2. The number of aliphatic hydroxyl groups excluding tert-OH is 2. The van der Waals surface area contributed by atoms with E-state index in [0.29, 0.717) is 18.5 Å². The van der Waals surface area contributed by atoms with Gasteiger partial charge in [0.2, 0.25) is 0 Å². The molecule has 1 aliphatic heterocycles. The molecule has 2 amide bonds. The molecule has 4 rings (SSSR count). The van der Waals surface area contributed by atoms with Crippen LogP contribution < -0.4 is 11.1 Å². The third-order valence-electron chi connectivity index (χ3n) is 6.02. The predicted molar refractivity (Wildman–Crippen MR) is 125 cm³/mol. The van der Waals surface area contributed by atoms with E-state index in [0.717, 1.165) is 16.7 Å². The Balaban J connectivity index is 1.65. The molecule has 32 heavy (non-hydrogen) atoms. The van der Waals surface area contributed by atoms with Crippen molar-refractivity contribution in [1.29, 1.82) is 0 Å². The van der Waals surface area contributed by atoms with Crippen LogP contribution in [0.4, 0.5) is 10.5 Å². The number of hydrogen-bond acceptors (Lipinski definition) is 4. The maximum Gasteiger partial charge on any atom is 0.318 e. The van der Waals surface area contributed by atoms with Gasteiger partial charge >= 0.3 is 6.03 Å². The molecule has 0 radical (unpaired) electrons. The molecule has 166 valence electrons. The van der Waals surface area contributed by atoms with Crippen LogP contribution in [0.25, 0.3) is 0 Å². The van der Waals surface area contributed by atoms with Crippen LogP contribution in [0.2, 0.25) is 0 Å². The van der Waals surface area contributed by atoms with E-state index in [1.54, 1.807) is 11.0 Å². The summed E-state index contributed by atoms with van der Waals surface area (Å²) in [6.45, 7) is 0.274. The van der Waals surface area contributed by atoms with Crippen LogP contribution in [0, 0.1) is 0 Å². The lowest BCUT2D eigenvalue weighted by atomic mass is 9.91. The molecule has 3 aromatic carbocycles. The standard InChI is InChI=1S/C26H29N3O3/c27-21-13-7-12-20(14-21)17-29-23(16-19-10-5-2-6-11-19)25(31)24(30)22(28-26(29)32)15-18-8-3-1-4-9-18/h1-14,22-25,30-31H,15-17,27H2,(H,28,32). The maximum absolute atomic E-state index is 13.4. The van der Waals surface area contributed by atoms with Crippen molar-refractivity contribution in [2.45, 2.75) is 43.7 Å². The molecule has 5 N–H and O–H groups in total. The number of hydrogen-bond donors (Lipinski definition) is 4. The van der Waals surface area contributed by atoms with E-state index in [4.69, 9.17) is 5.73 Å². The summed E-state index contributed by atoms with van der Waals surface area (Å²) in [6, 6.07) is 25.2. The first-order valence-electron chi connectivity index (χ1n) is 10.9. The molecule has 1 saturated heterocycles. The number of nitrogens with one attached hydrogen (secondary N) is 1. The molecule has 1 heterocycles. The molecule has 0 aromatic heterocycles. The maximum atomic E-state index is 13.4. The first-order valence-corrected chi connectivity index (χ1v) is 10.9. The number of nitrogens with two attached hydrogens (primary N) is 1. The van der Waals surface area contributed by atoms with Crippen LogP contribution in [0.3, 0.4) is 0 Å². The van der Waals surface area contributed by atoms with E-state index in [9.17, 15) is 15.0 Å². The van der Waals surface area contributed by atoms with E-state index >= 15 is 0 Å². The number of anilines is 1. The molecule has 6 nitrogen and oxygen atoms in total. The van der Waals surface area contributed by atoms with E-state index in [2.05, 4.69) is 5.32 Å². The van der Waals surface area contributed by atoms with Crippen LogP contribution in [0.1, 0.15) is 16.7 Å². The average Bonchev–Trinajstić information content (AvgIpc) is 2.87. The van der Waals surface area contributed by atoms with Crippen molar-refractivity contribution in [3.8, 4) is 0 Å². The fourth-order valence-electron chi connectivity index (χ4n) is 4.33. The highest BCUT2D eigenvalue weighted by molar-refractivity contribution is 5.76. The van der Waals surface area contributed by atoms with Crippen molar-refractivity contribution in [2.24, 2.45) is 0 Å². The first-order chi connectivity index (χ1) is 15.5. The van der Waals surface area contributed by atoms with Crippen LogP contribution in [-0.2, 0) is 19.4 Å². The Kier molecular flexibility index (Phi) is 6.73. The molecular weight excluding hydrogens is 402 g/mol. The minimum Gasteiger partial charge on any atom is -0.399 e. The monoisotopic (exact) mass is 431 g/mol. The highest BCUT2D eigenvalue weighted by Gasteiger charge is 2.42. The third-order valence-corrected chi connectivity index (χ3v) is 6.02. The molecule has 0 spiro atoms. The topological polar surface area (TPSA) is 98.8 Å². The summed E-state index contributed by atoms with van der Waals surface area (Å²) in [5, 5.41) is 25.3. The van der Waals surface area contributed by atoms with Crippen molar-refractivity contribution in [2.75, 3.05) is 5.73 Å². The van der Waals surface area contributed by atoms with Gasteiger partial charge in [0.05, 0.1) is 12.1 Å². The molecule has 0 aliphatic carbocycles. The minimum atomic E-state index is -1.12. The summed E-state index contributed by atoms with van der Waals surface area (Å²) in [5.41, 5.74) is 9.37. The Morgan fingerprint density at radius 1 is 0.781 bits per heavy atom. The lowest BCUT2D eigenvalue weighted by Gasteiger charge is -2.33. The van der Waals surface area contributed by atoms with Crippen molar-refractivity contribution in [3.63, 3.8) is 0 Å². The second-order valence-corrected chi connectivity index (χ2v) is 8.36. The van der Waals surface area contributed by atoms with Gasteiger partial charge in [0.25, 0.3) is 0 Å². The van der Waals surface area contributed by atoms with Gasteiger partial charge in [-0.2, -0.15) is 0 Å². The van der Waals surface area contributed by atoms with Gasteiger partial charge in [0.1, 0.15) is 12.2 Å². The number of carbonyl (C=O) groups excluding carboxylic acids is 1. The van der Waals surface area contributed by atoms with Crippen LogP contribution in [-0.4, -0.2) is 45.4 Å². The van der Waals surface area contributed by atoms with Crippen LogP contribution >= 0.6 is 0 Å². The molecule has 6 heteroatoms. The van der Waals surface area contributed by atoms with Crippen LogP contribution in [0.5, 0.6) is 0 Å². The quantitative estimate of drug-likeness (QED) is 0.451. The summed E-state index contributed by atoms with van der Waals surface area (Å²) in [5.74, 6) is 0. The number of urea groups is 1. The summed E-state index contributed by atoms with van der Waals surface area (Å²) in [4.78, 5) is 15.0. The summed E-state index contributed by atoms with van der Waals surface area (Å²) in [6.07, 6.45) is -1.38. The number of rotatable bonds is 6. The molecule has 4 atom stereocenters. The second-order valence-electron chi connectivity index (χ2n) is 8.36. The smallest absolute Gasteiger partial charge is 0.318 e. The largest absolute Gasteiger partial charge is 0.399 e. The van der Waals surface area contributed by atoms with Crippen molar-refractivity contribution in [1.82, 2.24) is 10.2 Å². The summed E-state index contributed by atoms with van der Waals surface area (Å²) >= 11 is 0. The van der Waals surface area contributed by atoms with Crippen molar-refractivity contribution in [3.05, 3.63) is 102 Å². The summed E-state index contributed by atoms with van der Waals surface area (Å²) < 4.78 is 0. The Labute approximate surface area is 188 Å². The first kappa shape index (κ1) is 21.9. The molecule has 0 saturated carbocycles. The van der Waals surface area contributed by atoms with Crippen molar-refractivity contribution >= 4 is 11.7 Å². The second kappa shape index (κ2) is 9.85. The molecule has 3 aromatic rings. The Hall–Kier alpha value is -3.35. The lowest BCUT2D eigenvalue weighted by Crippen LogP contribution is -2.50. The fraction of sp³-hybridized carbons (Fsp3) is 0.269. The number of carbonyl (C=O) groups is 1. The molecule has 1 fully saturated rings. The number of benzene rings is 3. The van der Waals surface area contributed by atoms with Gasteiger partial charge in [-0.05, 0) is 41.7 Å². The van der Waals surface area contributed by atoms with Gasteiger partial charge in [0, 0.05) is 12.2 Å². The third kappa shape index (κ3) is 5.10. The van der Waals surface area contributed by atoms with Gasteiger partial charge in [-0.25, -0.2) is 4.79 Å². The Morgan fingerprint density at radius 2 is 1.38 bits per heavy atom. The van der Waals surface area contributed by atoms with E-state index < -0.39 is 24.3 Å². The number of nitrogen functional groups attached to an aromatic ring is 1. The van der Waals surface area contributed by atoms with Gasteiger partial charge in [-0.1, -0.05) is 72.8 Å². The normalized spacial score (nSPS) is 23.4. The number of amides is 2. The highest BCUT2D eigenvalue weighted by atomic mass is 16.3. The molecule has 0 bridgehead atoms. The van der Waals surface area contributed by atoms with Gasteiger partial charge < -0.3 is 26.2 Å². The van der Waals surface area contributed by atoms with Crippen molar-refractivity contribution < 1.29 is 15.0 Å². The fourth-order valence-corrected chi connectivity index (χ4v) is 4.33. The highest BCUT2D eigenvalue weighted by Crippen LogP contribution is 2.24. The molecule has 4 unspecified atom stereocenters. The predicted octanol–water partition coefficient (Wildman–Crippen LogP) is 2.74. The van der Waals surface area contributed by atoms with Crippen LogP contribution in [0.15, 0.2) is 84.9 Å². The minimum absolute atomic E-state index is 0.274.